The fourth-order valence-electron chi connectivity index (χ4n) is 3.45. The fourth-order valence-corrected chi connectivity index (χ4v) is 3.70. The number of benzene rings is 3. The topological polar surface area (TPSA) is 84.2 Å². The molecule has 1 aromatic heterocycles. The zero-order valence-electron chi connectivity index (χ0n) is 16.0. The zero-order chi connectivity index (χ0) is 21.3. The average molecular weight is 420 g/mol. The molecular formula is C23H18ClN3O3. The Kier molecular flexibility index (Phi) is 5.25. The Balaban J connectivity index is 2.00. The highest BCUT2D eigenvalue weighted by Crippen LogP contribution is 2.25. The summed E-state index contributed by atoms with van der Waals surface area (Å²) >= 11 is 6.30. The number of aromatic nitrogens is 2. The van der Waals surface area contributed by atoms with Gasteiger partial charge >= 0.3 is 6.09 Å². The molecule has 0 bridgehead atoms. The van der Waals surface area contributed by atoms with Gasteiger partial charge in [0, 0.05) is 0 Å². The van der Waals surface area contributed by atoms with Crippen molar-refractivity contribution in [3.05, 3.63) is 94.0 Å². The first-order valence-corrected chi connectivity index (χ1v) is 9.70. The minimum Gasteiger partial charge on any atom is -0.465 e. The van der Waals surface area contributed by atoms with Crippen LogP contribution in [0.2, 0.25) is 5.02 Å². The monoisotopic (exact) mass is 419 g/mol. The predicted molar refractivity (Wildman–Crippen MR) is 117 cm³/mol. The maximum atomic E-state index is 13.5. The van der Waals surface area contributed by atoms with Gasteiger partial charge in [0.15, 0.2) is 0 Å². The number of carboxylic acid groups (broad SMARTS) is 1. The summed E-state index contributed by atoms with van der Waals surface area (Å²) in [5, 5.41) is 12.1. The summed E-state index contributed by atoms with van der Waals surface area (Å²) in [6, 6.07) is 21.5. The van der Waals surface area contributed by atoms with Crippen molar-refractivity contribution in [2.45, 2.75) is 13.0 Å². The van der Waals surface area contributed by atoms with Crippen molar-refractivity contribution < 1.29 is 9.90 Å². The van der Waals surface area contributed by atoms with E-state index in [1.54, 1.807) is 31.2 Å². The van der Waals surface area contributed by atoms with E-state index in [-0.39, 0.29) is 16.8 Å². The van der Waals surface area contributed by atoms with Crippen LogP contribution in [-0.2, 0) is 0 Å². The molecule has 6 nitrogen and oxygen atoms in total. The van der Waals surface area contributed by atoms with Crippen LogP contribution in [0.25, 0.3) is 27.7 Å². The lowest BCUT2D eigenvalue weighted by atomic mass is 10.0. The Morgan fingerprint density at radius 1 is 1.03 bits per heavy atom. The summed E-state index contributed by atoms with van der Waals surface area (Å²) < 4.78 is 1.42. The molecule has 3 aromatic carbocycles. The summed E-state index contributed by atoms with van der Waals surface area (Å²) in [7, 11) is 0. The minimum absolute atomic E-state index is 0.280. The molecule has 0 saturated carbocycles. The van der Waals surface area contributed by atoms with E-state index in [2.05, 4.69) is 10.3 Å². The van der Waals surface area contributed by atoms with Gasteiger partial charge in [0.25, 0.3) is 5.56 Å². The lowest BCUT2D eigenvalue weighted by Gasteiger charge is -2.19. The smallest absolute Gasteiger partial charge is 0.405 e. The fraction of sp³-hybridized carbons (Fsp3) is 0.0870. The van der Waals surface area contributed by atoms with Crippen molar-refractivity contribution in [1.29, 1.82) is 0 Å². The maximum absolute atomic E-state index is 13.5. The Labute approximate surface area is 177 Å². The van der Waals surface area contributed by atoms with Crippen molar-refractivity contribution >= 4 is 28.6 Å². The first-order valence-electron chi connectivity index (χ1n) is 9.32. The van der Waals surface area contributed by atoms with Crippen LogP contribution in [0.1, 0.15) is 18.8 Å². The molecule has 0 aliphatic rings. The molecule has 4 rings (SSSR count). The standard InChI is InChI=1S/C23H18ClN3O3/c1-14(25-23(29)30)21-26-19-12-6-11-18(24)20(19)22(28)27(21)17-10-5-9-16(13-17)15-7-3-2-4-8-15/h2-14,25H,1H3,(H,29,30). The molecule has 0 aliphatic carbocycles. The van der Waals surface area contributed by atoms with Crippen LogP contribution in [0.15, 0.2) is 77.6 Å². The molecule has 4 aromatic rings. The van der Waals surface area contributed by atoms with Gasteiger partial charge in [-0.25, -0.2) is 9.78 Å². The second kappa shape index (κ2) is 8.00. The Morgan fingerprint density at radius 2 is 1.73 bits per heavy atom. The van der Waals surface area contributed by atoms with E-state index >= 15 is 0 Å². The summed E-state index contributed by atoms with van der Waals surface area (Å²) in [5.41, 5.74) is 2.55. The largest absolute Gasteiger partial charge is 0.465 e. The Hall–Kier alpha value is -3.64. The van der Waals surface area contributed by atoms with Crippen molar-refractivity contribution in [1.82, 2.24) is 14.9 Å². The van der Waals surface area contributed by atoms with Gasteiger partial charge in [-0.2, -0.15) is 0 Å². The number of carbonyl (C=O) groups is 1. The van der Waals surface area contributed by atoms with Crippen LogP contribution in [0.5, 0.6) is 0 Å². The number of hydrogen-bond acceptors (Lipinski definition) is 3. The van der Waals surface area contributed by atoms with Crippen LogP contribution in [0.4, 0.5) is 4.79 Å². The third-order valence-corrected chi connectivity index (χ3v) is 5.13. The van der Waals surface area contributed by atoms with E-state index < -0.39 is 12.1 Å². The molecule has 1 amide bonds. The number of fused-ring (bicyclic) bond motifs is 1. The van der Waals surface area contributed by atoms with Gasteiger partial charge in [-0.15, -0.1) is 0 Å². The van der Waals surface area contributed by atoms with Crippen molar-refractivity contribution in [3.8, 4) is 16.8 Å². The van der Waals surface area contributed by atoms with Crippen molar-refractivity contribution in [2.75, 3.05) is 0 Å². The highest BCUT2D eigenvalue weighted by atomic mass is 35.5. The molecule has 1 atom stereocenters. The SMILES string of the molecule is CC(NC(=O)O)c1nc2cccc(Cl)c2c(=O)n1-c1cccc(-c2ccccc2)c1. The van der Waals surface area contributed by atoms with Gasteiger partial charge in [-0.3, -0.25) is 9.36 Å². The van der Waals surface area contributed by atoms with Crippen LogP contribution in [0, 0.1) is 0 Å². The number of halogens is 1. The number of amides is 1. The predicted octanol–water partition coefficient (Wildman–Crippen LogP) is 5.03. The van der Waals surface area contributed by atoms with E-state index in [4.69, 9.17) is 11.6 Å². The summed E-state index contributed by atoms with van der Waals surface area (Å²) in [4.78, 5) is 29.3. The molecule has 0 radical (unpaired) electrons. The molecule has 2 N–H and O–H groups in total. The summed E-state index contributed by atoms with van der Waals surface area (Å²) in [6.45, 7) is 1.64. The zero-order valence-corrected chi connectivity index (χ0v) is 16.8. The van der Waals surface area contributed by atoms with Gasteiger partial charge in [0.05, 0.1) is 27.7 Å². The highest BCUT2D eigenvalue weighted by Gasteiger charge is 2.20. The minimum atomic E-state index is -1.20. The molecule has 0 spiro atoms. The van der Waals surface area contributed by atoms with Crippen LogP contribution >= 0.6 is 11.6 Å². The maximum Gasteiger partial charge on any atom is 0.405 e. The molecule has 150 valence electrons. The molecular weight excluding hydrogens is 402 g/mol. The van der Waals surface area contributed by atoms with Crippen LogP contribution in [0.3, 0.4) is 0 Å². The van der Waals surface area contributed by atoms with Gasteiger partial charge in [-0.05, 0) is 42.3 Å². The molecule has 7 heteroatoms. The normalized spacial score (nSPS) is 11.9. The van der Waals surface area contributed by atoms with Crippen LogP contribution in [-0.4, -0.2) is 20.8 Å². The van der Waals surface area contributed by atoms with Gasteiger partial charge in [0.2, 0.25) is 0 Å². The molecule has 0 saturated heterocycles. The lowest BCUT2D eigenvalue weighted by molar-refractivity contribution is 0.190. The Bertz CT molecular complexity index is 1300. The number of nitrogens with zero attached hydrogens (tertiary/aromatic N) is 2. The van der Waals surface area contributed by atoms with Gasteiger partial charge < -0.3 is 10.4 Å². The summed E-state index contributed by atoms with van der Waals surface area (Å²) in [5.74, 6) is 0.280. The first kappa shape index (κ1) is 19.7. The third kappa shape index (κ3) is 3.65. The summed E-state index contributed by atoms with van der Waals surface area (Å²) in [6.07, 6.45) is -1.20. The molecule has 0 aliphatic heterocycles. The van der Waals surface area contributed by atoms with E-state index in [0.29, 0.717) is 16.2 Å². The quantitative estimate of drug-likeness (QED) is 0.485. The van der Waals surface area contributed by atoms with Gasteiger partial charge in [-0.1, -0.05) is 60.1 Å². The Morgan fingerprint density at radius 3 is 2.47 bits per heavy atom. The van der Waals surface area contributed by atoms with E-state index in [1.165, 1.54) is 4.57 Å². The third-order valence-electron chi connectivity index (χ3n) is 4.81. The second-order valence-corrected chi connectivity index (χ2v) is 7.24. The second-order valence-electron chi connectivity index (χ2n) is 6.83. The van der Waals surface area contributed by atoms with E-state index in [9.17, 15) is 14.7 Å². The lowest BCUT2D eigenvalue weighted by Crippen LogP contribution is -2.32. The van der Waals surface area contributed by atoms with Crippen LogP contribution < -0.4 is 10.9 Å². The molecule has 0 fully saturated rings. The number of rotatable bonds is 4. The van der Waals surface area contributed by atoms with Gasteiger partial charge in [0.1, 0.15) is 5.82 Å². The highest BCUT2D eigenvalue weighted by molar-refractivity contribution is 6.35. The molecule has 30 heavy (non-hydrogen) atoms. The first-order chi connectivity index (χ1) is 14.5. The van der Waals surface area contributed by atoms with Crippen molar-refractivity contribution in [3.63, 3.8) is 0 Å². The molecule has 1 heterocycles. The molecule has 1 unspecified atom stereocenters. The number of hydrogen-bond donors (Lipinski definition) is 2. The number of nitrogens with one attached hydrogen (secondary N) is 1. The average Bonchev–Trinajstić information content (AvgIpc) is 2.73. The van der Waals surface area contributed by atoms with E-state index in [0.717, 1.165) is 11.1 Å². The van der Waals surface area contributed by atoms with E-state index in [1.807, 2.05) is 48.5 Å². The van der Waals surface area contributed by atoms with Crippen molar-refractivity contribution in [2.24, 2.45) is 0 Å².